The van der Waals surface area contributed by atoms with Gasteiger partial charge in [-0.25, -0.2) is 9.48 Å². The lowest BCUT2D eigenvalue weighted by atomic mass is 9.95. The van der Waals surface area contributed by atoms with Gasteiger partial charge in [0.2, 0.25) is 11.1 Å². The van der Waals surface area contributed by atoms with Crippen molar-refractivity contribution in [2.24, 2.45) is 0 Å². The zero-order chi connectivity index (χ0) is 27.1. The Bertz CT molecular complexity index is 1310. The standard InChI is InChI=1S/C28H33ClN4O4S/c1-5-7-10-15-37-22-14-13-19(16-23(22)36-6-2)25-24(26(34)35-4)18(3)30-27-31-28(32-33(25)27)38-17-20-11-8-9-12-21(20)29/h8-9,11-14,16,25H,5-7,10,15,17H2,1-4H3,(H,30,31,32). The summed E-state index contributed by atoms with van der Waals surface area (Å²) >= 11 is 7.81. The zero-order valence-corrected chi connectivity index (χ0v) is 23.7. The third-order valence-electron chi connectivity index (χ3n) is 6.14. The van der Waals surface area contributed by atoms with Gasteiger partial charge in [0.1, 0.15) is 6.04 Å². The van der Waals surface area contributed by atoms with Gasteiger partial charge in [0.25, 0.3) is 0 Å². The number of hydrogen-bond donors (Lipinski definition) is 1. The van der Waals surface area contributed by atoms with E-state index in [0.717, 1.165) is 30.4 Å². The molecular formula is C28H33ClN4O4S. The highest BCUT2D eigenvalue weighted by atomic mass is 35.5. The lowest BCUT2D eigenvalue weighted by Crippen LogP contribution is -2.29. The number of nitrogens with one attached hydrogen (secondary N) is 1. The Morgan fingerprint density at radius 1 is 1.13 bits per heavy atom. The predicted octanol–water partition coefficient (Wildman–Crippen LogP) is 6.65. The zero-order valence-electron chi connectivity index (χ0n) is 22.1. The second-order valence-corrected chi connectivity index (χ2v) is 10.1. The predicted molar refractivity (Wildman–Crippen MR) is 150 cm³/mol. The topological polar surface area (TPSA) is 87.5 Å². The monoisotopic (exact) mass is 556 g/mol. The number of anilines is 1. The SMILES string of the molecule is CCCCCOc1ccc(C2C(C(=O)OC)=C(C)Nc3nc(SCc4ccccc4Cl)nn32)cc1OCC. The second-order valence-electron chi connectivity index (χ2n) is 8.80. The van der Waals surface area contributed by atoms with E-state index in [1.54, 1.807) is 4.68 Å². The molecule has 0 radical (unpaired) electrons. The average molecular weight is 557 g/mol. The fourth-order valence-electron chi connectivity index (χ4n) is 4.25. The molecule has 1 aromatic heterocycles. The van der Waals surface area contributed by atoms with Crippen LogP contribution < -0.4 is 14.8 Å². The van der Waals surface area contributed by atoms with Crippen LogP contribution in [0.2, 0.25) is 5.02 Å². The van der Waals surface area contributed by atoms with Gasteiger partial charge in [-0.3, -0.25) is 0 Å². The number of benzene rings is 2. The van der Waals surface area contributed by atoms with Crippen molar-refractivity contribution in [2.75, 3.05) is 25.6 Å². The molecule has 1 aliphatic heterocycles. The summed E-state index contributed by atoms with van der Waals surface area (Å²) in [6.45, 7) is 7.03. The van der Waals surface area contributed by atoms with Crippen molar-refractivity contribution in [3.63, 3.8) is 0 Å². The number of rotatable bonds is 12. The average Bonchev–Trinajstić information content (AvgIpc) is 3.32. The molecule has 2 aromatic carbocycles. The second kappa shape index (κ2) is 13.1. The number of ether oxygens (including phenoxy) is 3. The van der Waals surface area contributed by atoms with E-state index in [0.29, 0.717) is 57.9 Å². The first-order chi connectivity index (χ1) is 18.5. The van der Waals surface area contributed by atoms with E-state index in [9.17, 15) is 4.79 Å². The lowest BCUT2D eigenvalue weighted by Gasteiger charge is -2.28. The molecule has 0 spiro atoms. The van der Waals surface area contributed by atoms with Crippen LogP contribution in [0.3, 0.4) is 0 Å². The van der Waals surface area contributed by atoms with Crippen LogP contribution >= 0.6 is 23.4 Å². The first-order valence-electron chi connectivity index (χ1n) is 12.7. The van der Waals surface area contributed by atoms with Crippen LogP contribution in [0, 0.1) is 0 Å². The molecule has 2 heterocycles. The maximum Gasteiger partial charge on any atom is 0.338 e. The normalized spacial score (nSPS) is 14.6. The molecule has 0 bridgehead atoms. The van der Waals surface area contributed by atoms with Gasteiger partial charge in [-0.15, -0.1) is 5.10 Å². The van der Waals surface area contributed by atoms with Crippen LogP contribution in [0.5, 0.6) is 11.5 Å². The molecule has 3 aromatic rings. The lowest BCUT2D eigenvalue weighted by molar-refractivity contribution is -0.136. The number of thioether (sulfide) groups is 1. The summed E-state index contributed by atoms with van der Waals surface area (Å²) in [7, 11) is 1.38. The molecule has 0 saturated carbocycles. The number of halogens is 1. The smallest absolute Gasteiger partial charge is 0.338 e. The Balaban J connectivity index is 1.68. The fraction of sp³-hybridized carbons (Fsp3) is 0.393. The van der Waals surface area contributed by atoms with Crippen LogP contribution in [0.25, 0.3) is 0 Å². The summed E-state index contributed by atoms with van der Waals surface area (Å²) in [6, 6.07) is 12.9. The minimum atomic E-state index is -0.561. The molecule has 4 rings (SSSR count). The fourth-order valence-corrected chi connectivity index (χ4v) is 5.36. The molecular weight excluding hydrogens is 524 g/mol. The summed E-state index contributed by atoms with van der Waals surface area (Å²) < 4.78 is 18.8. The largest absolute Gasteiger partial charge is 0.490 e. The molecule has 1 N–H and O–H groups in total. The van der Waals surface area contributed by atoms with Crippen molar-refractivity contribution in [1.29, 1.82) is 0 Å². The van der Waals surface area contributed by atoms with Gasteiger partial charge in [-0.1, -0.05) is 67.4 Å². The summed E-state index contributed by atoms with van der Waals surface area (Å²) in [5, 5.41) is 9.26. The Morgan fingerprint density at radius 2 is 1.95 bits per heavy atom. The quantitative estimate of drug-likeness (QED) is 0.151. The van der Waals surface area contributed by atoms with Gasteiger partial charge in [0.15, 0.2) is 11.5 Å². The molecule has 10 heteroatoms. The van der Waals surface area contributed by atoms with Crippen LogP contribution in [0.15, 0.2) is 58.9 Å². The van der Waals surface area contributed by atoms with Gasteiger partial charge in [-0.2, -0.15) is 4.98 Å². The summed E-state index contributed by atoms with van der Waals surface area (Å²) in [4.78, 5) is 17.6. The van der Waals surface area contributed by atoms with Gasteiger partial charge in [0, 0.05) is 16.5 Å². The molecule has 8 nitrogen and oxygen atoms in total. The van der Waals surface area contributed by atoms with Gasteiger partial charge >= 0.3 is 5.97 Å². The number of carbonyl (C=O) groups is 1. The van der Waals surface area contributed by atoms with Crippen LogP contribution in [0.4, 0.5) is 5.95 Å². The number of methoxy groups -OCH3 is 1. The van der Waals surface area contributed by atoms with E-state index in [4.69, 9.17) is 35.9 Å². The van der Waals surface area contributed by atoms with Crippen LogP contribution in [-0.4, -0.2) is 41.1 Å². The molecule has 202 valence electrons. The highest BCUT2D eigenvalue weighted by Gasteiger charge is 2.35. The third-order valence-corrected chi connectivity index (χ3v) is 7.40. The van der Waals surface area contributed by atoms with Crippen LogP contribution in [0.1, 0.15) is 57.2 Å². The molecule has 1 unspecified atom stereocenters. The van der Waals surface area contributed by atoms with E-state index in [2.05, 4.69) is 12.2 Å². The number of hydrogen-bond acceptors (Lipinski definition) is 8. The number of esters is 1. The van der Waals surface area contributed by atoms with Crippen molar-refractivity contribution < 1.29 is 19.0 Å². The number of aromatic nitrogens is 3. The van der Waals surface area contributed by atoms with Gasteiger partial charge in [0.05, 0.1) is 25.9 Å². The maximum atomic E-state index is 12.9. The first-order valence-corrected chi connectivity index (χ1v) is 14.1. The summed E-state index contributed by atoms with van der Waals surface area (Å²) in [5.74, 6) is 2.01. The van der Waals surface area contributed by atoms with E-state index in [1.807, 2.05) is 56.3 Å². The number of allylic oxidation sites excluding steroid dienone is 1. The van der Waals surface area contributed by atoms with Gasteiger partial charge < -0.3 is 19.5 Å². The molecule has 0 fully saturated rings. The van der Waals surface area contributed by atoms with Gasteiger partial charge in [-0.05, 0) is 49.6 Å². The Labute approximate surface area is 232 Å². The first kappa shape index (κ1) is 27.9. The maximum absolute atomic E-state index is 12.9. The van der Waals surface area contributed by atoms with Crippen molar-refractivity contribution in [1.82, 2.24) is 14.8 Å². The van der Waals surface area contributed by atoms with E-state index in [-0.39, 0.29) is 0 Å². The Hall–Kier alpha value is -3.17. The minimum absolute atomic E-state index is 0.440. The molecule has 38 heavy (non-hydrogen) atoms. The molecule has 0 aliphatic carbocycles. The van der Waals surface area contributed by atoms with Crippen LogP contribution in [-0.2, 0) is 15.3 Å². The summed E-state index contributed by atoms with van der Waals surface area (Å²) in [5.41, 5.74) is 2.91. The molecule has 0 amide bonds. The van der Waals surface area contributed by atoms with Crippen molar-refractivity contribution in [2.45, 2.75) is 57.0 Å². The van der Waals surface area contributed by atoms with Crippen molar-refractivity contribution >= 4 is 35.3 Å². The van der Waals surface area contributed by atoms with Crippen molar-refractivity contribution in [3.05, 3.63) is 69.9 Å². The van der Waals surface area contributed by atoms with Crippen molar-refractivity contribution in [3.8, 4) is 11.5 Å². The minimum Gasteiger partial charge on any atom is -0.490 e. The number of unbranched alkanes of at least 4 members (excludes halogenated alkanes) is 2. The number of fused-ring (bicyclic) bond motifs is 1. The molecule has 1 atom stereocenters. The van der Waals surface area contributed by atoms with E-state index < -0.39 is 12.0 Å². The number of nitrogens with zero attached hydrogens (tertiary/aromatic N) is 3. The Kier molecular flexibility index (Phi) is 9.58. The Morgan fingerprint density at radius 3 is 2.68 bits per heavy atom. The summed E-state index contributed by atoms with van der Waals surface area (Å²) in [6.07, 6.45) is 3.20. The molecule has 1 aliphatic rings. The molecule has 0 saturated heterocycles. The van der Waals surface area contributed by atoms with E-state index >= 15 is 0 Å². The van der Waals surface area contributed by atoms with E-state index in [1.165, 1.54) is 18.9 Å². The highest BCUT2D eigenvalue weighted by Crippen LogP contribution is 2.40. The third kappa shape index (κ3) is 6.27. The number of carbonyl (C=O) groups excluding carboxylic acids is 1. The highest BCUT2D eigenvalue weighted by molar-refractivity contribution is 7.98.